The first kappa shape index (κ1) is 16.1. The molecule has 1 aromatic carbocycles. The molecule has 2 aliphatic carbocycles. The van der Waals surface area contributed by atoms with Crippen LogP contribution in [0.3, 0.4) is 0 Å². The maximum atomic E-state index is 11.7. The van der Waals surface area contributed by atoms with E-state index in [1.54, 1.807) is 7.11 Å². The molecule has 2 saturated carbocycles. The van der Waals surface area contributed by atoms with Crippen LogP contribution in [0.4, 0.5) is 0 Å². The Morgan fingerprint density at radius 1 is 1.36 bits per heavy atom. The molecule has 4 atom stereocenters. The molecule has 0 radical (unpaired) electrons. The van der Waals surface area contributed by atoms with E-state index < -0.39 is 5.60 Å². The summed E-state index contributed by atoms with van der Waals surface area (Å²) < 4.78 is 5.35. The van der Waals surface area contributed by atoms with Gasteiger partial charge in [0.2, 0.25) is 0 Å². The highest BCUT2D eigenvalue weighted by atomic mass is 35.5. The average molecular weight is 324 g/mol. The Balaban J connectivity index is 2.04. The van der Waals surface area contributed by atoms with E-state index in [2.05, 4.69) is 19.0 Å². The van der Waals surface area contributed by atoms with E-state index in [0.29, 0.717) is 16.9 Å². The van der Waals surface area contributed by atoms with Gasteiger partial charge in [-0.05, 0) is 63.4 Å². The predicted molar refractivity (Wildman–Crippen MR) is 89.4 cm³/mol. The third-order valence-corrected chi connectivity index (χ3v) is 5.90. The molecule has 22 heavy (non-hydrogen) atoms. The van der Waals surface area contributed by atoms with E-state index in [4.69, 9.17) is 16.3 Å². The first-order chi connectivity index (χ1) is 10.4. The Bertz CT molecular complexity index is 548. The fourth-order valence-electron chi connectivity index (χ4n) is 4.61. The summed E-state index contributed by atoms with van der Waals surface area (Å²) >= 11 is 6.46. The van der Waals surface area contributed by atoms with E-state index in [1.165, 1.54) is 19.3 Å². The molecule has 4 unspecified atom stereocenters. The molecule has 0 amide bonds. The largest absolute Gasteiger partial charge is 0.497 e. The quantitative estimate of drug-likeness (QED) is 0.920. The monoisotopic (exact) mass is 323 g/mol. The maximum Gasteiger partial charge on any atom is 0.119 e. The summed E-state index contributed by atoms with van der Waals surface area (Å²) in [5, 5.41) is 12.3. The summed E-state index contributed by atoms with van der Waals surface area (Å²) in [6, 6.07) is 5.63. The van der Waals surface area contributed by atoms with Crippen molar-refractivity contribution in [1.82, 2.24) is 4.90 Å². The molecule has 122 valence electrons. The van der Waals surface area contributed by atoms with Gasteiger partial charge in [0, 0.05) is 23.0 Å². The lowest BCUT2D eigenvalue weighted by molar-refractivity contribution is -0.0891. The van der Waals surface area contributed by atoms with Crippen LogP contribution >= 0.6 is 11.6 Å². The number of fused-ring (bicyclic) bond motifs is 2. The van der Waals surface area contributed by atoms with Gasteiger partial charge in [-0.15, -0.1) is 0 Å². The van der Waals surface area contributed by atoms with Crippen LogP contribution in [-0.2, 0) is 5.60 Å². The number of rotatable bonds is 4. The zero-order valence-electron chi connectivity index (χ0n) is 13.7. The van der Waals surface area contributed by atoms with E-state index in [0.717, 1.165) is 24.3 Å². The van der Waals surface area contributed by atoms with Gasteiger partial charge >= 0.3 is 0 Å². The fourth-order valence-corrected chi connectivity index (χ4v) is 4.89. The van der Waals surface area contributed by atoms with Crippen LogP contribution in [0.1, 0.15) is 31.2 Å². The molecule has 3 nitrogen and oxygen atoms in total. The standard InChI is InChI=1S/C18H26ClNO2/c1-20(2)11-16-13-5-4-12(8-13)10-18(16,21)15-9-14(22-3)6-7-17(15)19/h6-7,9,12-13,16,21H,4-5,8,10-11H2,1-3H3. The normalized spacial score (nSPS) is 34.2. The van der Waals surface area contributed by atoms with Gasteiger partial charge in [-0.2, -0.15) is 0 Å². The number of nitrogens with zero attached hydrogens (tertiary/aromatic N) is 1. The average Bonchev–Trinajstić information content (AvgIpc) is 2.87. The second-order valence-corrected chi connectivity index (χ2v) is 7.69. The van der Waals surface area contributed by atoms with Crippen molar-refractivity contribution in [1.29, 1.82) is 0 Å². The summed E-state index contributed by atoms with van der Waals surface area (Å²) in [4.78, 5) is 2.18. The second-order valence-electron chi connectivity index (χ2n) is 7.28. The Kier molecular flexibility index (Phi) is 4.41. The Labute approximate surface area is 138 Å². The minimum absolute atomic E-state index is 0.228. The molecule has 2 aliphatic rings. The topological polar surface area (TPSA) is 32.7 Å². The lowest BCUT2D eigenvalue weighted by Crippen LogP contribution is -2.47. The molecule has 2 fully saturated rings. The first-order valence-corrected chi connectivity index (χ1v) is 8.53. The van der Waals surface area contributed by atoms with Gasteiger partial charge in [-0.3, -0.25) is 0 Å². The Morgan fingerprint density at radius 2 is 2.14 bits per heavy atom. The highest BCUT2D eigenvalue weighted by molar-refractivity contribution is 6.31. The van der Waals surface area contributed by atoms with Crippen LogP contribution in [0.5, 0.6) is 5.75 Å². The van der Waals surface area contributed by atoms with Crippen LogP contribution in [0.15, 0.2) is 18.2 Å². The highest BCUT2D eigenvalue weighted by Crippen LogP contribution is 2.55. The van der Waals surface area contributed by atoms with E-state index in [1.807, 2.05) is 18.2 Å². The van der Waals surface area contributed by atoms with Crippen molar-refractivity contribution in [2.24, 2.45) is 17.8 Å². The lowest BCUT2D eigenvalue weighted by atomic mass is 9.66. The minimum atomic E-state index is -0.847. The van der Waals surface area contributed by atoms with Crippen molar-refractivity contribution >= 4 is 11.6 Å². The van der Waals surface area contributed by atoms with Gasteiger partial charge in [0.25, 0.3) is 0 Å². The van der Waals surface area contributed by atoms with Crippen molar-refractivity contribution in [2.75, 3.05) is 27.7 Å². The molecule has 0 spiro atoms. The van der Waals surface area contributed by atoms with Crippen molar-refractivity contribution in [3.63, 3.8) is 0 Å². The lowest BCUT2D eigenvalue weighted by Gasteiger charge is -2.46. The first-order valence-electron chi connectivity index (χ1n) is 8.15. The zero-order valence-corrected chi connectivity index (χ0v) is 14.4. The van der Waals surface area contributed by atoms with Crippen molar-refractivity contribution < 1.29 is 9.84 Å². The molecule has 0 saturated heterocycles. The molecule has 1 N–H and O–H groups in total. The van der Waals surface area contributed by atoms with Crippen LogP contribution in [0, 0.1) is 17.8 Å². The van der Waals surface area contributed by atoms with Crippen molar-refractivity contribution in [2.45, 2.75) is 31.3 Å². The molecule has 0 aliphatic heterocycles. The van der Waals surface area contributed by atoms with Crippen LogP contribution in [0.25, 0.3) is 0 Å². The van der Waals surface area contributed by atoms with E-state index in [9.17, 15) is 5.11 Å². The molecule has 0 heterocycles. The number of benzene rings is 1. The minimum Gasteiger partial charge on any atom is -0.497 e. The SMILES string of the molecule is COc1ccc(Cl)c(C2(O)CC3CCC(C3)C2CN(C)C)c1. The Hall–Kier alpha value is -0.770. The number of ether oxygens (including phenoxy) is 1. The zero-order chi connectivity index (χ0) is 15.9. The summed E-state index contributed by atoms with van der Waals surface area (Å²) in [7, 11) is 5.81. The van der Waals surface area contributed by atoms with Gasteiger partial charge in [0.05, 0.1) is 12.7 Å². The number of methoxy groups -OCH3 is 1. The summed E-state index contributed by atoms with van der Waals surface area (Å²) in [6.45, 7) is 0.890. The molecule has 1 aromatic rings. The van der Waals surface area contributed by atoms with Crippen LogP contribution < -0.4 is 4.74 Å². The van der Waals surface area contributed by atoms with Gasteiger partial charge in [-0.1, -0.05) is 18.0 Å². The second kappa shape index (κ2) is 6.03. The maximum absolute atomic E-state index is 11.7. The Morgan fingerprint density at radius 3 is 2.82 bits per heavy atom. The fraction of sp³-hybridized carbons (Fsp3) is 0.667. The molecular weight excluding hydrogens is 298 g/mol. The summed E-state index contributed by atoms with van der Waals surface area (Å²) in [6.07, 6.45) is 4.53. The van der Waals surface area contributed by atoms with Gasteiger partial charge in [0.15, 0.2) is 0 Å². The van der Waals surface area contributed by atoms with E-state index >= 15 is 0 Å². The summed E-state index contributed by atoms with van der Waals surface area (Å²) in [5.74, 6) is 2.20. The predicted octanol–water partition coefficient (Wildman–Crippen LogP) is 3.53. The van der Waals surface area contributed by atoms with Crippen LogP contribution in [-0.4, -0.2) is 37.8 Å². The van der Waals surface area contributed by atoms with Crippen LogP contribution in [0.2, 0.25) is 5.02 Å². The van der Waals surface area contributed by atoms with Gasteiger partial charge in [0.1, 0.15) is 5.75 Å². The molecule has 0 aromatic heterocycles. The molecular formula is C18H26ClNO2. The van der Waals surface area contributed by atoms with Crippen molar-refractivity contribution in [3.05, 3.63) is 28.8 Å². The molecule has 2 bridgehead atoms. The smallest absolute Gasteiger partial charge is 0.119 e. The third kappa shape index (κ3) is 2.75. The highest BCUT2D eigenvalue weighted by Gasteiger charge is 2.52. The van der Waals surface area contributed by atoms with Gasteiger partial charge < -0.3 is 14.7 Å². The number of hydrogen-bond donors (Lipinski definition) is 1. The number of aliphatic hydroxyl groups is 1. The van der Waals surface area contributed by atoms with Crippen molar-refractivity contribution in [3.8, 4) is 5.75 Å². The summed E-state index contributed by atoms with van der Waals surface area (Å²) in [5.41, 5.74) is -0.00283. The molecule has 4 heteroatoms. The van der Waals surface area contributed by atoms with Gasteiger partial charge in [-0.25, -0.2) is 0 Å². The number of halogens is 1. The van der Waals surface area contributed by atoms with E-state index in [-0.39, 0.29) is 5.92 Å². The molecule has 3 rings (SSSR count). The third-order valence-electron chi connectivity index (χ3n) is 5.57. The number of hydrogen-bond acceptors (Lipinski definition) is 3.